The molecule has 1 aliphatic heterocycles. The van der Waals surface area contributed by atoms with Crippen molar-refractivity contribution in [3.63, 3.8) is 0 Å². The lowest BCUT2D eigenvalue weighted by molar-refractivity contribution is -0.130. The van der Waals surface area contributed by atoms with Crippen molar-refractivity contribution in [3.8, 4) is 11.8 Å². The van der Waals surface area contributed by atoms with Crippen LogP contribution in [0, 0.1) is 11.8 Å². The van der Waals surface area contributed by atoms with Crippen LogP contribution in [0.4, 0.5) is 0 Å². The van der Waals surface area contributed by atoms with Crippen molar-refractivity contribution in [1.82, 2.24) is 4.90 Å². The van der Waals surface area contributed by atoms with Gasteiger partial charge in [-0.05, 0) is 25.9 Å². The van der Waals surface area contributed by atoms with Gasteiger partial charge in [0.1, 0.15) is 6.61 Å². The number of hydrogen-bond donors (Lipinski definition) is 1. The number of rotatable bonds is 4. The van der Waals surface area contributed by atoms with Gasteiger partial charge in [0, 0.05) is 12.5 Å². The maximum absolute atomic E-state index is 10.0. The lowest BCUT2D eigenvalue weighted by Gasteiger charge is -2.25. The Labute approximate surface area is 90.2 Å². The third kappa shape index (κ3) is 6.10. The molecule has 0 amide bonds. The summed E-state index contributed by atoms with van der Waals surface area (Å²) >= 11 is 0. The first kappa shape index (κ1) is 12.0. The Kier molecular flexibility index (Phi) is 5.83. The third-order valence-corrected chi connectivity index (χ3v) is 2.37. The highest BCUT2D eigenvalue weighted by Gasteiger charge is 2.08. The summed E-state index contributed by atoms with van der Waals surface area (Å²) in [5, 5.41) is 8.24. The van der Waals surface area contributed by atoms with Crippen molar-refractivity contribution in [1.29, 1.82) is 0 Å². The average Bonchev–Trinajstić information content (AvgIpc) is 2.24. The zero-order chi connectivity index (χ0) is 10.9. The van der Waals surface area contributed by atoms with Crippen molar-refractivity contribution in [2.45, 2.75) is 19.3 Å². The van der Waals surface area contributed by atoms with Crippen LogP contribution in [0.3, 0.4) is 0 Å². The van der Waals surface area contributed by atoms with Gasteiger partial charge in [-0.2, -0.15) is 0 Å². The van der Waals surface area contributed by atoms with Crippen molar-refractivity contribution >= 4 is 5.97 Å². The summed E-state index contributed by atoms with van der Waals surface area (Å²) in [7, 11) is 0. The number of hydrogen-bond acceptors (Lipinski definition) is 3. The minimum Gasteiger partial charge on any atom is -0.472 e. The molecule has 0 spiro atoms. The van der Waals surface area contributed by atoms with Gasteiger partial charge < -0.3 is 14.7 Å². The van der Waals surface area contributed by atoms with E-state index in [4.69, 9.17) is 9.84 Å². The van der Waals surface area contributed by atoms with E-state index in [0.717, 1.165) is 19.6 Å². The van der Waals surface area contributed by atoms with E-state index in [1.807, 2.05) is 5.92 Å². The van der Waals surface area contributed by atoms with Gasteiger partial charge in [-0.1, -0.05) is 12.3 Å². The molecule has 1 N–H and O–H groups in total. The summed E-state index contributed by atoms with van der Waals surface area (Å²) in [6.07, 6.45) is 3.89. The lowest BCUT2D eigenvalue weighted by atomic mass is 10.1. The van der Waals surface area contributed by atoms with Gasteiger partial charge in [0.05, 0.1) is 6.61 Å². The first-order valence-electron chi connectivity index (χ1n) is 5.31. The lowest BCUT2D eigenvalue weighted by Crippen LogP contribution is -2.32. The predicted molar refractivity (Wildman–Crippen MR) is 56.5 cm³/mol. The number of nitrogens with zero attached hydrogens (tertiary/aromatic N) is 1. The van der Waals surface area contributed by atoms with E-state index in [2.05, 4.69) is 10.8 Å². The van der Waals surface area contributed by atoms with E-state index in [9.17, 15) is 4.79 Å². The molecule has 4 heteroatoms. The molecule has 0 bridgehead atoms. The van der Waals surface area contributed by atoms with Crippen LogP contribution < -0.4 is 0 Å². The molecule has 0 atom stereocenters. The fourth-order valence-corrected chi connectivity index (χ4v) is 1.61. The fourth-order valence-electron chi connectivity index (χ4n) is 1.61. The highest BCUT2D eigenvalue weighted by atomic mass is 16.5. The van der Waals surface area contributed by atoms with Crippen LogP contribution in [-0.4, -0.2) is 48.8 Å². The van der Waals surface area contributed by atoms with Gasteiger partial charge in [0.25, 0.3) is 0 Å². The first-order chi connectivity index (χ1) is 7.29. The van der Waals surface area contributed by atoms with Gasteiger partial charge in [0.2, 0.25) is 0 Å². The molecule has 0 aromatic carbocycles. The Bertz CT molecular complexity index is 248. The second-order valence-corrected chi connectivity index (χ2v) is 3.56. The third-order valence-electron chi connectivity index (χ3n) is 2.37. The van der Waals surface area contributed by atoms with E-state index >= 15 is 0 Å². The molecule has 0 radical (unpaired) electrons. The minimum absolute atomic E-state index is 0.208. The summed E-state index contributed by atoms with van der Waals surface area (Å²) in [4.78, 5) is 12.4. The summed E-state index contributed by atoms with van der Waals surface area (Å²) in [5.74, 6) is 3.34. The molecule has 0 aliphatic carbocycles. The number of carbonyl (C=O) groups is 1. The van der Waals surface area contributed by atoms with Gasteiger partial charge in [-0.25, -0.2) is 4.79 Å². The Morgan fingerprint density at radius 3 is 2.73 bits per heavy atom. The molecule has 0 saturated carbocycles. The molecule has 1 aliphatic rings. The summed E-state index contributed by atoms with van der Waals surface area (Å²) in [6, 6.07) is 0. The van der Waals surface area contributed by atoms with Crippen molar-refractivity contribution < 1.29 is 14.6 Å². The van der Waals surface area contributed by atoms with E-state index in [1.54, 1.807) is 0 Å². The zero-order valence-electron chi connectivity index (χ0n) is 8.87. The number of ether oxygens (including phenoxy) is 1. The highest BCUT2D eigenvalue weighted by molar-refractivity contribution is 5.86. The number of piperidine rings is 1. The van der Waals surface area contributed by atoms with E-state index in [0.29, 0.717) is 6.61 Å². The van der Waals surface area contributed by atoms with Crippen LogP contribution in [0.5, 0.6) is 0 Å². The Morgan fingerprint density at radius 1 is 1.33 bits per heavy atom. The Morgan fingerprint density at radius 2 is 2.07 bits per heavy atom. The van der Waals surface area contributed by atoms with Gasteiger partial charge in [0.15, 0.2) is 0 Å². The monoisotopic (exact) mass is 211 g/mol. The topological polar surface area (TPSA) is 49.8 Å². The molecule has 1 rings (SSSR count). The Hall–Kier alpha value is -1.05. The van der Waals surface area contributed by atoms with E-state index in [-0.39, 0.29) is 6.61 Å². The maximum Gasteiger partial charge on any atom is 0.381 e. The van der Waals surface area contributed by atoms with Gasteiger partial charge in [-0.15, -0.1) is 0 Å². The maximum atomic E-state index is 10.0. The molecular weight excluding hydrogens is 194 g/mol. The predicted octanol–water partition coefficient (Wildman–Crippen LogP) is 0.577. The number of carboxylic acids is 1. The number of likely N-dealkylation sites (tertiary alicyclic amines) is 1. The normalized spacial score (nSPS) is 16.8. The van der Waals surface area contributed by atoms with Crippen molar-refractivity contribution in [2.24, 2.45) is 0 Å². The second-order valence-electron chi connectivity index (χ2n) is 3.56. The molecule has 4 nitrogen and oxygen atoms in total. The van der Waals surface area contributed by atoms with Crippen molar-refractivity contribution in [3.05, 3.63) is 0 Å². The Balaban J connectivity index is 1.97. The van der Waals surface area contributed by atoms with Gasteiger partial charge in [-0.3, -0.25) is 0 Å². The summed E-state index contributed by atoms with van der Waals surface area (Å²) < 4.78 is 5.21. The van der Waals surface area contributed by atoms with Crippen LogP contribution in [0.1, 0.15) is 19.3 Å². The van der Waals surface area contributed by atoms with Crippen LogP contribution >= 0.6 is 0 Å². The smallest absolute Gasteiger partial charge is 0.381 e. The molecule has 1 fully saturated rings. The fraction of sp³-hybridized carbons (Fsp3) is 0.727. The SMILES string of the molecule is O=C(O)C#CCOCCN1CCCCC1. The molecule has 0 aromatic heterocycles. The van der Waals surface area contributed by atoms with E-state index in [1.165, 1.54) is 19.3 Å². The minimum atomic E-state index is -1.10. The molecule has 84 valence electrons. The van der Waals surface area contributed by atoms with Crippen LogP contribution in [0.2, 0.25) is 0 Å². The highest BCUT2D eigenvalue weighted by Crippen LogP contribution is 2.07. The largest absolute Gasteiger partial charge is 0.472 e. The van der Waals surface area contributed by atoms with E-state index < -0.39 is 5.97 Å². The molecule has 0 aromatic rings. The number of aliphatic carboxylic acids is 1. The van der Waals surface area contributed by atoms with Crippen LogP contribution in [0.15, 0.2) is 0 Å². The molecule has 0 unspecified atom stereocenters. The molecule has 1 saturated heterocycles. The van der Waals surface area contributed by atoms with Crippen LogP contribution in [0.25, 0.3) is 0 Å². The first-order valence-corrected chi connectivity index (χ1v) is 5.31. The van der Waals surface area contributed by atoms with Crippen molar-refractivity contribution in [2.75, 3.05) is 32.8 Å². The molecule has 15 heavy (non-hydrogen) atoms. The zero-order valence-corrected chi connectivity index (χ0v) is 8.87. The summed E-state index contributed by atoms with van der Waals surface area (Å²) in [6.45, 7) is 4.08. The molecule has 1 heterocycles. The quantitative estimate of drug-likeness (QED) is 0.546. The standard InChI is InChI=1S/C11H17NO3/c13-11(14)5-4-9-15-10-8-12-6-2-1-3-7-12/h1-3,6-10H2,(H,13,14). The second kappa shape index (κ2) is 7.27. The number of carboxylic acid groups (broad SMARTS) is 1. The average molecular weight is 211 g/mol. The van der Waals surface area contributed by atoms with Crippen LogP contribution in [-0.2, 0) is 9.53 Å². The van der Waals surface area contributed by atoms with Gasteiger partial charge >= 0.3 is 5.97 Å². The molecular formula is C11H17NO3. The summed E-state index contributed by atoms with van der Waals surface area (Å²) in [5.41, 5.74) is 0.